The zero-order chi connectivity index (χ0) is 20.4. The highest BCUT2D eigenvalue weighted by Crippen LogP contribution is 2.35. The van der Waals surface area contributed by atoms with Crippen LogP contribution in [0.2, 0.25) is 0 Å². The highest BCUT2D eigenvalue weighted by atomic mass is 32.1. The molecule has 7 nitrogen and oxygen atoms in total. The molecule has 0 radical (unpaired) electrons. The molecule has 1 atom stereocenters. The topological polar surface area (TPSA) is 85.3 Å². The van der Waals surface area contributed by atoms with E-state index in [2.05, 4.69) is 15.0 Å². The smallest absolute Gasteiger partial charge is 0.337 e. The number of thiazole rings is 1. The number of aromatic nitrogens is 3. The molecule has 1 unspecified atom stereocenters. The lowest BCUT2D eigenvalue weighted by molar-refractivity contribution is 0.0600. The van der Waals surface area contributed by atoms with Crippen LogP contribution in [-0.2, 0) is 4.74 Å². The van der Waals surface area contributed by atoms with Gasteiger partial charge in [0.25, 0.3) is 5.91 Å². The van der Waals surface area contributed by atoms with Crippen molar-refractivity contribution in [3.63, 3.8) is 0 Å². The Morgan fingerprint density at radius 1 is 1.21 bits per heavy atom. The fourth-order valence-corrected chi connectivity index (χ4v) is 4.48. The third-order valence-corrected chi connectivity index (χ3v) is 5.96. The molecule has 0 N–H and O–H groups in total. The number of likely N-dealkylation sites (tertiary alicyclic amines) is 1. The number of methoxy groups -OCH3 is 1. The van der Waals surface area contributed by atoms with E-state index < -0.39 is 5.97 Å². The molecule has 0 saturated carbocycles. The minimum atomic E-state index is -0.502. The number of esters is 1. The number of hydrogen-bond donors (Lipinski definition) is 0. The molecule has 2 aromatic heterocycles. The summed E-state index contributed by atoms with van der Waals surface area (Å²) < 4.78 is 4.87. The average Bonchev–Trinajstić information content (AvgIpc) is 3.41. The van der Waals surface area contributed by atoms with E-state index in [1.807, 2.05) is 17.2 Å². The van der Waals surface area contributed by atoms with Gasteiger partial charge in [-0.2, -0.15) is 0 Å². The Kier molecular flexibility index (Phi) is 5.35. The second kappa shape index (κ2) is 8.08. The van der Waals surface area contributed by atoms with Crippen molar-refractivity contribution in [1.29, 1.82) is 0 Å². The van der Waals surface area contributed by atoms with Crippen LogP contribution in [0.3, 0.4) is 0 Å². The van der Waals surface area contributed by atoms with E-state index in [0.29, 0.717) is 28.9 Å². The summed E-state index contributed by atoms with van der Waals surface area (Å²) in [6.07, 6.45) is 6.55. The summed E-state index contributed by atoms with van der Waals surface area (Å²) in [4.78, 5) is 40.4. The normalized spacial score (nSPS) is 16.1. The van der Waals surface area contributed by atoms with Crippen LogP contribution in [-0.4, -0.2) is 45.4 Å². The Balaban J connectivity index is 1.73. The molecule has 1 fully saturated rings. The molecule has 1 saturated heterocycles. The van der Waals surface area contributed by atoms with Crippen molar-refractivity contribution in [2.24, 2.45) is 0 Å². The van der Waals surface area contributed by atoms with Gasteiger partial charge in [0.05, 0.1) is 30.6 Å². The second-order valence-electron chi connectivity index (χ2n) is 6.86. The highest BCUT2D eigenvalue weighted by Gasteiger charge is 2.33. The van der Waals surface area contributed by atoms with E-state index >= 15 is 0 Å². The molecule has 1 amide bonds. The molecule has 0 bridgehead atoms. The van der Waals surface area contributed by atoms with Crippen LogP contribution in [0.4, 0.5) is 0 Å². The van der Waals surface area contributed by atoms with Gasteiger partial charge in [-0.3, -0.25) is 14.8 Å². The molecule has 148 valence electrons. The van der Waals surface area contributed by atoms with Gasteiger partial charge in [-0.1, -0.05) is 0 Å². The summed E-state index contributed by atoms with van der Waals surface area (Å²) in [6, 6.07) is 4.96. The Morgan fingerprint density at radius 2 is 2.03 bits per heavy atom. The number of aryl methyl sites for hydroxylation is 1. The number of benzene rings is 1. The molecule has 3 aromatic rings. The number of carbonyl (C=O) groups excluding carboxylic acids is 2. The molecule has 0 spiro atoms. The Morgan fingerprint density at radius 3 is 2.72 bits per heavy atom. The summed E-state index contributed by atoms with van der Waals surface area (Å²) in [5, 5.41) is 2.95. The number of amides is 1. The molecule has 1 aliphatic rings. The van der Waals surface area contributed by atoms with Crippen molar-refractivity contribution in [3.8, 4) is 11.3 Å². The van der Waals surface area contributed by atoms with Crippen LogP contribution in [0.1, 0.15) is 50.3 Å². The van der Waals surface area contributed by atoms with Crippen LogP contribution in [0.15, 0.2) is 42.2 Å². The van der Waals surface area contributed by atoms with Gasteiger partial charge in [0.1, 0.15) is 5.01 Å². The van der Waals surface area contributed by atoms with Gasteiger partial charge in [0, 0.05) is 41.1 Å². The highest BCUT2D eigenvalue weighted by molar-refractivity contribution is 7.09. The molecule has 29 heavy (non-hydrogen) atoms. The lowest BCUT2D eigenvalue weighted by atomic mass is 10.0. The van der Waals surface area contributed by atoms with Crippen molar-refractivity contribution >= 4 is 23.2 Å². The monoisotopic (exact) mass is 408 g/mol. The van der Waals surface area contributed by atoms with Crippen LogP contribution >= 0.6 is 11.3 Å². The van der Waals surface area contributed by atoms with Crippen molar-refractivity contribution in [1.82, 2.24) is 19.9 Å². The van der Waals surface area contributed by atoms with Crippen LogP contribution in [0.5, 0.6) is 0 Å². The molecule has 3 heterocycles. The van der Waals surface area contributed by atoms with Gasteiger partial charge in [0.15, 0.2) is 0 Å². The average molecular weight is 408 g/mol. The fourth-order valence-electron chi connectivity index (χ4n) is 3.54. The van der Waals surface area contributed by atoms with E-state index in [9.17, 15) is 9.59 Å². The number of hydrogen-bond acceptors (Lipinski definition) is 7. The summed E-state index contributed by atoms with van der Waals surface area (Å²) in [7, 11) is 1.32. The summed E-state index contributed by atoms with van der Waals surface area (Å²) >= 11 is 1.58. The Hall–Kier alpha value is -3.13. The first-order valence-electron chi connectivity index (χ1n) is 9.29. The van der Waals surface area contributed by atoms with Gasteiger partial charge in [-0.05, 0) is 38.0 Å². The molecular formula is C21H20N4O3S. The van der Waals surface area contributed by atoms with Crippen molar-refractivity contribution < 1.29 is 14.3 Å². The predicted molar refractivity (Wildman–Crippen MR) is 109 cm³/mol. The lowest BCUT2D eigenvalue weighted by Crippen LogP contribution is -2.30. The Labute approximate surface area is 172 Å². The lowest BCUT2D eigenvalue weighted by Gasteiger charge is -2.23. The molecule has 1 aromatic carbocycles. The maximum Gasteiger partial charge on any atom is 0.337 e. The van der Waals surface area contributed by atoms with Crippen molar-refractivity contribution in [2.45, 2.75) is 25.8 Å². The molecule has 1 aliphatic heterocycles. The molecular weight excluding hydrogens is 388 g/mol. The first-order chi connectivity index (χ1) is 14.1. The quantitative estimate of drug-likeness (QED) is 0.612. The van der Waals surface area contributed by atoms with Gasteiger partial charge < -0.3 is 9.64 Å². The standard InChI is InChI=1S/C21H20N4O3S/c1-13-12-29-19(24-13)18-4-3-7-25(18)20(26)15-8-14(17-11-22-5-6-23-17)9-16(10-15)21(27)28-2/h5-6,8-12,18H,3-4,7H2,1-2H3. The number of nitrogens with zero attached hydrogens (tertiary/aromatic N) is 4. The van der Waals surface area contributed by atoms with E-state index in [1.165, 1.54) is 7.11 Å². The van der Waals surface area contributed by atoms with E-state index in [4.69, 9.17) is 4.74 Å². The van der Waals surface area contributed by atoms with Crippen LogP contribution < -0.4 is 0 Å². The predicted octanol–water partition coefficient (Wildman–Crippen LogP) is 3.67. The van der Waals surface area contributed by atoms with Crippen molar-refractivity contribution in [3.05, 3.63) is 64.0 Å². The van der Waals surface area contributed by atoms with Gasteiger partial charge >= 0.3 is 5.97 Å². The SMILES string of the molecule is COC(=O)c1cc(C(=O)N2CCCC2c2nc(C)cs2)cc(-c2cnccn2)c1. The minimum Gasteiger partial charge on any atom is -0.465 e. The zero-order valence-corrected chi connectivity index (χ0v) is 17.0. The van der Waals surface area contributed by atoms with Gasteiger partial charge in [-0.25, -0.2) is 9.78 Å². The maximum atomic E-state index is 13.4. The first-order valence-corrected chi connectivity index (χ1v) is 10.2. The van der Waals surface area contributed by atoms with Crippen molar-refractivity contribution in [2.75, 3.05) is 13.7 Å². The minimum absolute atomic E-state index is 0.0389. The summed E-state index contributed by atoms with van der Waals surface area (Å²) in [5.74, 6) is -0.630. The van der Waals surface area contributed by atoms with Crippen LogP contribution in [0.25, 0.3) is 11.3 Å². The molecule has 8 heteroatoms. The first kappa shape index (κ1) is 19.2. The van der Waals surface area contributed by atoms with Gasteiger partial charge in [-0.15, -0.1) is 11.3 Å². The Bertz CT molecular complexity index is 1050. The number of rotatable bonds is 4. The maximum absolute atomic E-state index is 13.4. The van der Waals surface area contributed by atoms with E-state index in [0.717, 1.165) is 23.5 Å². The van der Waals surface area contributed by atoms with Crippen LogP contribution in [0, 0.1) is 6.92 Å². The largest absolute Gasteiger partial charge is 0.465 e. The number of carbonyl (C=O) groups is 2. The molecule has 0 aliphatic carbocycles. The fraction of sp³-hybridized carbons (Fsp3) is 0.286. The van der Waals surface area contributed by atoms with E-state index in [1.54, 1.807) is 48.1 Å². The third kappa shape index (κ3) is 3.88. The summed E-state index contributed by atoms with van der Waals surface area (Å²) in [6.45, 7) is 2.61. The van der Waals surface area contributed by atoms with Gasteiger partial charge in [0.2, 0.25) is 0 Å². The third-order valence-electron chi connectivity index (χ3n) is 4.90. The second-order valence-corrected chi connectivity index (χ2v) is 7.75. The summed E-state index contributed by atoms with van der Waals surface area (Å²) in [5.41, 5.74) is 2.92. The zero-order valence-electron chi connectivity index (χ0n) is 16.2. The number of ether oxygens (including phenoxy) is 1. The molecule has 4 rings (SSSR count). The van der Waals surface area contributed by atoms with E-state index in [-0.39, 0.29) is 11.9 Å².